The van der Waals surface area contributed by atoms with E-state index < -0.39 is 12.4 Å². The number of benzene rings is 4. The van der Waals surface area contributed by atoms with E-state index in [0.717, 1.165) is 29.7 Å². The summed E-state index contributed by atoms with van der Waals surface area (Å²) in [6, 6.07) is 36.5. The van der Waals surface area contributed by atoms with Crippen molar-refractivity contribution in [3.63, 3.8) is 0 Å². The normalized spacial score (nSPS) is 14.0. The van der Waals surface area contributed by atoms with Crippen LogP contribution in [0.5, 0.6) is 0 Å². The molecule has 4 heteroatoms. The summed E-state index contributed by atoms with van der Waals surface area (Å²) in [6.07, 6.45) is 1.77. The minimum Gasteiger partial charge on any atom is -0.322 e. The monoisotopic (exact) mass is 553 g/mol. The summed E-state index contributed by atoms with van der Waals surface area (Å²) < 4.78 is 0. The molecule has 1 amide bonds. The fourth-order valence-corrected chi connectivity index (χ4v) is 11.0. The van der Waals surface area contributed by atoms with E-state index in [1.807, 2.05) is 0 Å². The third-order valence-electron chi connectivity index (χ3n) is 7.13. The SMILES string of the molecule is Cc1cc(C)c(NC(=O)C2([P+](c3ccccc3)(c3ccccc3)c3ccccc3)CC2)c(C)c1.[Y]. The molecule has 1 saturated carbocycles. The molecule has 4 aromatic carbocycles. The fraction of sp³-hybridized carbons (Fsp3) is 0.194. The molecule has 0 atom stereocenters. The Labute approximate surface area is 234 Å². The third kappa shape index (κ3) is 4.46. The van der Waals surface area contributed by atoms with Crippen molar-refractivity contribution in [2.75, 3.05) is 5.32 Å². The van der Waals surface area contributed by atoms with Gasteiger partial charge in [-0.3, -0.25) is 4.79 Å². The number of hydrogen-bond donors (Lipinski definition) is 1. The van der Waals surface area contributed by atoms with Gasteiger partial charge in [-0.15, -0.1) is 0 Å². The average Bonchev–Trinajstić information content (AvgIpc) is 3.66. The zero-order valence-corrected chi connectivity index (χ0v) is 24.4. The molecule has 0 unspecified atom stereocenters. The summed E-state index contributed by atoms with van der Waals surface area (Å²) in [4.78, 5) is 14.4. The summed E-state index contributed by atoms with van der Waals surface area (Å²) in [7, 11) is -2.29. The number of rotatable bonds is 6. The largest absolute Gasteiger partial charge is 0.322 e. The van der Waals surface area contributed by atoms with Gasteiger partial charge in [-0.05, 0) is 68.3 Å². The van der Waals surface area contributed by atoms with Crippen LogP contribution in [0.15, 0.2) is 103 Å². The molecule has 5 rings (SSSR count). The standard InChI is InChI=1S/C31H30NOP.Y/c1-23-21-24(2)29(25(3)22-23)32-30(33)31(19-20-31)34(26-13-7-4-8-14-26,27-15-9-5-10-16-27)28-17-11-6-12-18-28;/h4-18,21-22H,19-20H2,1-3H3;/p+1. The third-order valence-corrected chi connectivity index (χ3v) is 12.3. The Morgan fingerprint density at radius 1 is 0.686 bits per heavy atom. The quantitative estimate of drug-likeness (QED) is 0.289. The van der Waals surface area contributed by atoms with Crippen LogP contribution in [0.4, 0.5) is 5.69 Å². The molecule has 0 heterocycles. The molecule has 0 aliphatic heterocycles. The molecule has 1 fully saturated rings. The first kappa shape index (κ1) is 26.0. The van der Waals surface area contributed by atoms with Crippen LogP contribution in [0, 0.1) is 20.8 Å². The number of carbonyl (C=O) groups excluding carboxylic acids is 1. The van der Waals surface area contributed by atoms with Gasteiger partial charge in [-0.25, -0.2) is 0 Å². The van der Waals surface area contributed by atoms with Crippen LogP contribution in [0.25, 0.3) is 0 Å². The van der Waals surface area contributed by atoms with Gasteiger partial charge in [0, 0.05) is 51.2 Å². The van der Waals surface area contributed by atoms with Crippen molar-refractivity contribution in [2.24, 2.45) is 0 Å². The van der Waals surface area contributed by atoms with Crippen LogP contribution in [0.3, 0.4) is 0 Å². The van der Waals surface area contributed by atoms with Crippen molar-refractivity contribution in [3.05, 3.63) is 120 Å². The first-order chi connectivity index (χ1) is 16.5. The minimum absolute atomic E-state index is 0. The number of amides is 1. The van der Waals surface area contributed by atoms with Crippen LogP contribution in [0.1, 0.15) is 29.5 Å². The summed E-state index contributed by atoms with van der Waals surface area (Å²) >= 11 is 0. The van der Waals surface area contributed by atoms with Crippen LogP contribution < -0.4 is 21.2 Å². The van der Waals surface area contributed by atoms with Gasteiger partial charge in [0.1, 0.15) is 23.2 Å². The summed E-state index contributed by atoms with van der Waals surface area (Å²) in [6.45, 7) is 6.27. The zero-order chi connectivity index (χ0) is 23.8. The predicted molar refractivity (Wildman–Crippen MR) is 146 cm³/mol. The smallest absolute Gasteiger partial charge is 0.269 e. The first-order valence-electron chi connectivity index (χ1n) is 11.9. The maximum absolute atomic E-state index is 14.4. The van der Waals surface area contributed by atoms with E-state index >= 15 is 0 Å². The minimum atomic E-state index is -2.29. The van der Waals surface area contributed by atoms with Gasteiger partial charge in [0.15, 0.2) is 5.16 Å². The molecule has 0 saturated heterocycles. The Morgan fingerprint density at radius 3 is 1.40 bits per heavy atom. The molecule has 35 heavy (non-hydrogen) atoms. The molecule has 2 nitrogen and oxygen atoms in total. The fourth-order valence-electron chi connectivity index (χ4n) is 5.58. The second-order valence-electron chi connectivity index (χ2n) is 9.44. The van der Waals surface area contributed by atoms with E-state index in [2.05, 4.69) is 129 Å². The molecule has 173 valence electrons. The number of aryl methyl sites for hydroxylation is 3. The number of hydrogen-bond acceptors (Lipinski definition) is 1. The summed E-state index contributed by atoms with van der Waals surface area (Å²) in [5.41, 5.74) is 4.40. The van der Waals surface area contributed by atoms with Crippen LogP contribution in [-0.2, 0) is 37.5 Å². The molecule has 1 N–H and O–H groups in total. The topological polar surface area (TPSA) is 29.1 Å². The van der Waals surface area contributed by atoms with Gasteiger partial charge in [0.25, 0.3) is 5.91 Å². The van der Waals surface area contributed by atoms with E-state index in [1.54, 1.807) is 0 Å². The second-order valence-corrected chi connectivity index (χ2v) is 13.2. The number of carbonyl (C=O) groups is 1. The maximum Gasteiger partial charge on any atom is 0.269 e. The van der Waals surface area contributed by atoms with E-state index in [4.69, 9.17) is 0 Å². The Kier molecular flexibility index (Phi) is 7.77. The van der Waals surface area contributed by atoms with E-state index in [0.29, 0.717) is 0 Å². The van der Waals surface area contributed by atoms with Gasteiger partial charge >= 0.3 is 0 Å². The van der Waals surface area contributed by atoms with Crippen molar-refractivity contribution in [1.82, 2.24) is 0 Å². The van der Waals surface area contributed by atoms with E-state index in [1.165, 1.54) is 21.5 Å². The molecule has 1 aliphatic rings. The van der Waals surface area contributed by atoms with Crippen molar-refractivity contribution < 1.29 is 37.5 Å². The van der Waals surface area contributed by atoms with Crippen LogP contribution in [0.2, 0.25) is 0 Å². The predicted octanol–water partition coefficient (Wildman–Crippen LogP) is 6.07. The maximum atomic E-state index is 14.4. The number of nitrogens with one attached hydrogen (secondary N) is 1. The second kappa shape index (κ2) is 10.5. The summed E-state index contributed by atoms with van der Waals surface area (Å²) in [5, 5.41) is 6.72. The summed E-state index contributed by atoms with van der Waals surface area (Å²) in [5.74, 6) is 0.146. The molecule has 4 aromatic rings. The van der Waals surface area contributed by atoms with Gasteiger partial charge in [0.05, 0.1) is 0 Å². The van der Waals surface area contributed by atoms with Gasteiger partial charge in [0.2, 0.25) is 0 Å². The van der Waals surface area contributed by atoms with E-state index in [-0.39, 0.29) is 38.6 Å². The molecular weight excluding hydrogens is 522 g/mol. The van der Waals surface area contributed by atoms with Crippen molar-refractivity contribution >= 4 is 34.8 Å². The molecule has 0 aromatic heterocycles. The zero-order valence-electron chi connectivity index (χ0n) is 20.7. The average molecular weight is 553 g/mol. The molecule has 0 spiro atoms. The van der Waals surface area contributed by atoms with Gasteiger partial charge in [-0.2, -0.15) is 0 Å². The first-order valence-corrected chi connectivity index (χ1v) is 13.7. The Morgan fingerprint density at radius 2 is 1.06 bits per heavy atom. The molecule has 1 aliphatic carbocycles. The molecular formula is C31H31NOPY+. The van der Waals surface area contributed by atoms with Gasteiger partial charge in [-0.1, -0.05) is 72.3 Å². The van der Waals surface area contributed by atoms with E-state index in [9.17, 15) is 4.79 Å². The number of anilines is 1. The Hall–Kier alpha value is -2.12. The van der Waals surface area contributed by atoms with Gasteiger partial charge < -0.3 is 5.32 Å². The van der Waals surface area contributed by atoms with Crippen LogP contribution >= 0.6 is 7.26 Å². The van der Waals surface area contributed by atoms with Crippen molar-refractivity contribution in [2.45, 2.75) is 38.8 Å². The Bertz CT molecular complexity index is 1200. The Balaban J connectivity index is 0.00000289. The van der Waals surface area contributed by atoms with Crippen molar-refractivity contribution in [3.8, 4) is 0 Å². The molecule has 1 radical (unpaired) electrons. The van der Waals surface area contributed by atoms with Crippen LogP contribution in [-0.4, -0.2) is 11.1 Å². The van der Waals surface area contributed by atoms with Crippen molar-refractivity contribution in [1.29, 1.82) is 0 Å². The molecule has 0 bridgehead atoms.